The quantitative estimate of drug-likeness (QED) is 0.492. The summed E-state index contributed by atoms with van der Waals surface area (Å²) in [7, 11) is -0.357. The lowest BCUT2D eigenvalue weighted by Crippen LogP contribution is -1.92. The molecular weight excluding hydrogens is 152 g/mol. The average molecular weight is 164 g/mol. The van der Waals surface area contributed by atoms with Crippen molar-refractivity contribution in [3.05, 3.63) is 0 Å². The van der Waals surface area contributed by atoms with Crippen LogP contribution < -0.4 is 0 Å². The Kier molecular flexibility index (Phi) is 6.50. The molecule has 0 aliphatic heterocycles. The molecule has 3 heteroatoms. The van der Waals surface area contributed by atoms with Crippen molar-refractivity contribution in [3.63, 3.8) is 0 Å². The molecule has 0 N–H and O–H groups in total. The Hall–Kier alpha value is 0.787. The Morgan fingerprint density at radius 1 is 1.62 bits per heavy atom. The third kappa shape index (κ3) is 4.93. The maximum Gasteiger partial charge on any atom is 0.0936 e. The van der Waals surface area contributed by atoms with Gasteiger partial charge in [-0.15, -0.1) is 11.6 Å². The smallest absolute Gasteiger partial charge is 0.0936 e. The molecule has 0 fully saturated rings. The van der Waals surface area contributed by atoms with E-state index in [1.807, 2.05) is 0 Å². The summed E-state index contributed by atoms with van der Waals surface area (Å²) in [5, 5.41) is 0. The van der Waals surface area contributed by atoms with Gasteiger partial charge in [0.1, 0.15) is 0 Å². The van der Waals surface area contributed by atoms with E-state index >= 15 is 0 Å². The second-order valence-corrected chi connectivity index (χ2v) is 6.18. The van der Waals surface area contributed by atoms with Crippen LogP contribution in [0.4, 0.5) is 0 Å². The average Bonchev–Trinajstić information content (AvgIpc) is 1.83. The van der Waals surface area contributed by atoms with E-state index in [0.717, 1.165) is 5.75 Å². The van der Waals surface area contributed by atoms with Gasteiger partial charge in [0, 0.05) is 0 Å². The number of hydrogen-bond donors (Lipinski definition) is 1. The number of thiol groups is 1. The minimum atomic E-state index is -0.357. The molecule has 0 aromatic rings. The summed E-state index contributed by atoms with van der Waals surface area (Å²) in [6.07, 6.45) is 1.22. The molecule has 0 saturated carbocycles. The molecule has 0 aliphatic rings. The molecule has 0 atom stereocenters. The Balaban J connectivity index is 2.99. The van der Waals surface area contributed by atoms with E-state index in [9.17, 15) is 0 Å². The molecule has 0 saturated heterocycles. The molecule has 0 aromatic carbocycles. The zero-order valence-electron chi connectivity index (χ0n) is 5.18. The standard InChI is InChI=1S/C5H12S2Si/c1-2-8(7)5-3-4-6/h6H,2-5H2,1H3. The second-order valence-electron chi connectivity index (χ2n) is 1.72. The maximum absolute atomic E-state index is 5.17. The topological polar surface area (TPSA) is 0 Å². The van der Waals surface area contributed by atoms with Gasteiger partial charge in [0.15, 0.2) is 0 Å². The van der Waals surface area contributed by atoms with E-state index in [0.29, 0.717) is 0 Å². The molecule has 48 valence electrons. The highest BCUT2D eigenvalue weighted by Gasteiger charge is 1.91. The van der Waals surface area contributed by atoms with Crippen LogP contribution in [0.25, 0.3) is 0 Å². The maximum atomic E-state index is 5.17. The second kappa shape index (κ2) is 5.92. The minimum absolute atomic E-state index is 0.357. The normalized spacial score (nSPS) is 9.25. The first-order valence-electron chi connectivity index (χ1n) is 2.93. The van der Waals surface area contributed by atoms with Crippen molar-refractivity contribution in [1.82, 2.24) is 0 Å². The fourth-order valence-electron chi connectivity index (χ4n) is 0.453. The summed E-state index contributed by atoms with van der Waals surface area (Å²) in [5.41, 5.74) is 0. The van der Waals surface area contributed by atoms with Gasteiger partial charge in [-0.3, -0.25) is 0 Å². The zero-order valence-corrected chi connectivity index (χ0v) is 7.89. The number of hydrogen-bond acceptors (Lipinski definition) is 2. The minimum Gasteiger partial charge on any atom is -0.179 e. The van der Waals surface area contributed by atoms with E-state index in [4.69, 9.17) is 11.6 Å². The molecular formula is C5H12S2Si. The third-order valence-corrected chi connectivity index (χ3v) is 4.50. The highest BCUT2D eigenvalue weighted by atomic mass is 32.2. The van der Waals surface area contributed by atoms with Gasteiger partial charge in [-0.1, -0.05) is 6.92 Å². The van der Waals surface area contributed by atoms with Gasteiger partial charge in [-0.2, -0.15) is 12.6 Å². The van der Waals surface area contributed by atoms with E-state index < -0.39 is 0 Å². The molecule has 0 nitrogen and oxygen atoms in total. The van der Waals surface area contributed by atoms with Gasteiger partial charge >= 0.3 is 0 Å². The van der Waals surface area contributed by atoms with E-state index in [-0.39, 0.29) is 7.50 Å². The first kappa shape index (κ1) is 8.79. The van der Waals surface area contributed by atoms with Gasteiger partial charge in [0.05, 0.1) is 7.50 Å². The first-order chi connectivity index (χ1) is 3.81. The van der Waals surface area contributed by atoms with Gasteiger partial charge in [-0.05, 0) is 24.3 Å². The van der Waals surface area contributed by atoms with Crippen molar-refractivity contribution >= 4 is 31.8 Å². The molecule has 0 aliphatic carbocycles. The van der Waals surface area contributed by atoms with E-state index in [1.54, 1.807) is 0 Å². The van der Waals surface area contributed by atoms with Gasteiger partial charge in [-0.25, -0.2) is 0 Å². The van der Waals surface area contributed by atoms with Crippen LogP contribution in [-0.4, -0.2) is 13.3 Å². The summed E-state index contributed by atoms with van der Waals surface area (Å²) in [5.74, 6) is 1.00. The van der Waals surface area contributed by atoms with Gasteiger partial charge in [0.2, 0.25) is 0 Å². The number of rotatable bonds is 4. The Morgan fingerprint density at radius 3 is 2.62 bits per heavy atom. The van der Waals surface area contributed by atoms with Crippen LogP contribution in [0.5, 0.6) is 0 Å². The molecule has 0 unspecified atom stereocenters. The fourth-order valence-corrected chi connectivity index (χ4v) is 2.27. The van der Waals surface area contributed by atoms with Crippen molar-refractivity contribution in [2.45, 2.75) is 25.4 Å². The highest BCUT2D eigenvalue weighted by Crippen LogP contribution is 1.98. The van der Waals surface area contributed by atoms with Crippen molar-refractivity contribution in [2.75, 3.05) is 5.75 Å². The predicted octanol–water partition coefficient (Wildman–Crippen LogP) is 2.52. The summed E-state index contributed by atoms with van der Waals surface area (Å²) >= 11 is 9.28. The molecule has 0 rings (SSSR count). The van der Waals surface area contributed by atoms with E-state index in [1.165, 1.54) is 18.5 Å². The van der Waals surface area contributed by atoms with Crippen LogP contribution in [0.2, 0.25) is 12.1 Å². The summed E-state index contributed by atoms with van der Waals surface area (Å²) in [6.45, 7) is 2.18. The van der Waals surface area contributed by atoms with Crippen molar-refractivity contribution < 1.29 is 0 Å². The van der Waals surface area contributed by atoms with Gasteiger partial charge < -0.3 is 0 Å². The molecule has 0 heterocycles. The molecule has 0 aromatic heterocycles. The summed E-state index contributed by atoms with van der Waals surface area (Å²) < 4.78 is 0. The monoisotopic (exact) mass is 164 g/mol. The van der Waals surface area contributed by atoms with Crippen molar-refractivity contribution in [2.24, 2.45) is 0 Å². The van der Waals surface area contributed by atoms with E-state index in [2.05, 4.69) is 19.6 Å². The predicted molar refractivity (Wildman–Crippen MR) is 47.1 cm³/mol. The lowest BCUT2D eigenvalue weighted by atomic mass is 10.6. The first-order valence-corrected chi connectivity index (χ1v) is 6.61. The zero-order chi connectivity index (χ0) is 6.41. The molecule has 0 amide bonds. The molecule has 0 bridgehead atoms. The summed E-state index contributed by atoms with van der Waals surface area (Å²) in [6, 6.07) is 2.49. The van der Waals surface area contributed by atoms with Gasteiger partial charge in [0.25, 0.3) is 0 Å². The van der Waals surface area contributed by atoms with Crippen LogP contribution >= 0.6 is 24.3 Å². The Morgan fingerprint density at radius 2 is 2.25 bits per heavy atom. The SMILES string of the molecule is CC[Si](=S)CCCS. The Bertz CT molecular complexity index is 72.8. The van der Waals surface area contributed by atoms with Crippen LogP contribution in [0, 0.1) is 0 Å². The molecule has 0 radical (unpaired) electrons. The molecule has 8 heavy (non-hydrogen) atoms. The Labute approximate surface area is 63.2 Å². The lowest BCUT2D eigenvalue weighted by Gasteiger charge is -1.92. The highest BCUT2D eigenvalue weighted by molar-refractivity contribution is 7.88. The van der Waals surface area contributed by atoms with Crippen molar-refractivity contribution in [1.29, 1.82) is 0 Å². The van der Waals surface area contributed by atoms with Crippen molar-refractivity contribution in [3.8, 4) is 0 Å². The van der Waals surface area contributed by atoms with Crippen LogP contribution in [0.1, 0.15) is 13.3 Å². The third-order valence-electron chi connectivity index (χ3n) is 1.01. The fraction of sp³-hybridized carbons (Fsp3) is 1.00. The van der Waals surface area contributed by atoms with Crippen LogP contribution in [0.3, 0.4) is 0 Å². The lowest BCUT2D eigenvalue weighted by molar-refractivity contribution is 1.09. The molecule has 0 spiro atoms. The van der Waals surface area contributed by atoms with Crippen LogP contribution in [0.15, 0.2) is 0 Å². The summed E-state index contributed by atoms with van der Waals surface area (Å²) in [4.78, 5) is 0. The van der Waals surface area contributed by atoms with Crippen LogP contribution in [-0.2, 0) is 0 Å². The largest absolute Gasteiger partial charge is 0.179 e.